The molecule has 4 rings (SSSR count). The number of likely N-dealkylation sites (tertiary alicyclic amines) is 1. The van der Waals surface area contributed by atoms with Gasteiger partial charge in [0.2, 0.25) is 0 Å². The molecule has 0 radical (unpaired) electrons. The monoisotopic (exact) mass is 394 g/mol. The van der Waals surface area contributed by atoms with E-state index in [0.29, 0.717) is 59.7 Å². The summed E-state index contributed by atoms with van der Waals surface area (Å²) < 4.78 is 14.9. The van der Waals surface area contributed by atoms with Crippen LogP contribution in [0.2, 0.25) is 0 Å². The molecule has 0 bridgehead atoms. The van der Waals surface area contributed by atoms with Crippen molar-refractivity contribution >= 4 is 17.5 Å². The predicted octanol–water partition coefficient (Wildman–Crippen LogP) is 2.25. The molecule has 29 heavy (non-hydrogen) atoms. The Hall–Kier alpha value is -3.06. The van der Waals surface area contributed by atoms with Crippen molar-refractivity contribution in [1.29, 1.82) is 0 Å². The highest BCUT2D eigenvalue weighted by Gasteiger charge is 2.24. The van der Waals surface area contributed by atoms with Gasteiger partial charge < -0.3 is 15.7 Å². The van der Waals surface area contributed by atoms with Crippen LogP contribution >= 0.6 is 0 Å². The van der Waals surface area contributed by atoms with Crippen molar-refractivity contribution in [3.05, 3.63) is 59.4 Å². The number of carbonyl (C=O) groups is 1. The number of carbonyl (C=O) groups excluding carboxylic acids is 1. The number of piperidine rings is 1. The van der Waals surface area contributed by atoms with Crippen molar-refractivity contribution in [2.75, 3.05) is 26.2 Å². The van der Waals surface area contributed by atoms with Gasteiger partial charge in [-0.2, -0.15) is 0 Å². The molecule has 0 unspecified atom stereocenters. The van der Waals surface area contributed by atoms with Gasteiger partial charge in [0.15, 0.2) is 0 Å². The molecule has 6 nitrogen and oxygen atoms in total. The van der Waals surface area contributed by atoms with Crippen molar-refractivity contribution in [2.45, 2.75) is 18.9 Å². The topological polar surface area (TPSA) is 91.3 Å². The van der Waals surface area contributed by atoms with Gasteiger partial charge in [-0.05, 0) is 42.2 Å². The summed E-state index contributed by atoms with van der Waals surface area (Å²) in [6.45, 7) is 1.58. The van der Waals surface area contributed by atoms with Crippen LogP contribution in [0.1, 0.15) is 28.8 Å². The van der Waals surface area contributed by atoms with E-state index in [-0.39, 0.29) is 25.1 Å². The maximum absolute atomic E-state index is 14.9. The number of benzene rings is 2. The predicted molar refractivity (Wildman–Crippen MR) is 111 cm³/mol. The van der Waals surface area contributed by atoms with E-state index in [1.807, 2.05) is 12.1 Å². The lowest BCUT2D eigenvalue weighted by Gasteiger charge is -2.30. The van der Waals surface area contributed by atoms with Crippen LogP contribution in [0.4, 0.5) is 4.39 Å². The summed E-state index contributed by atoms with van der Waals surface area (Å²) in [7, 11) is 0. The average molecular weight is 394 g/mol. The molecule has 2 aromatic rings. The third kappa shape index (κ3) is 4.05. The van der Waals surface area contributed by atoms with Crippen LogP contribution in [0.25, 0.3) is 11.1 Å². The first kappa shape index (κ1) is 19.3. The van der Waals surface area contributed by atoms with Crippen LogP contribution in [0, 0.1) is 5.82 Å². The zero-order chi connectivity index (χ0) is 20.4. The Morgan fingerprint density at radius 1 is 1.07 bits per heavy atom. The second-order valence-corrected chi connectivity index (χ2v) is 7.33. The first-order chi connectivity index (χ1) is 14.0. The number of halogens is 1. The number of nitrogens with two attached hydrogens (primary N) is 1. The zero-order valence-corrected chi connectivity index (χ0v) is 16.0. The van der Waals surface area contributed by atoms with Gasteiger partial charge >= 0.3 is 0 Å². The molecular weight excluding hydrogens is 371 g/mol. The van der Waals surface area contributed by atoms with Gasteiger partial charge in [0.25, 0.3) is 5.91 Å². The second kappa shape index (κ2) is 8.13. The quantitative estimate of drug-likeness (QED) is 0.836. The molecule has 0 aliphatic carbocycles. The Balaban J connectivity index is 1.62. The minimum absolute atomic E-state index is 0.0987. The fourth-order valence-corrected chi connectivity index (χ4v) is 3.70. The van der Waals surface area contributed by atoms with Gasteiger partial charge in [0.05, 0.1) is 24.9 Å². The summed E-state index contributed by atoms with van der Waals surface area (Å²) in [4.78, 5) is 23.2. The minimum Gasteiger partial charge on any atom is -0.393 e. The molecule has 0 aromatic heterocycles. The van der Waals surface area contributed by atoms with Gasteiger partial charge in [-0.3, -0.25) is 14.8 Å². The lowest BCUT2D eigenvalue weighted by molar-refractivity contribution is 0.0547. The van der Waals surface area contributed by atoms with Crippen LogP contribution in [-0.4, -0.2) is 59.7 Å². The highest BCUT2D eigenvalue weighted by molar-refractivity contribution is 6.06. The molecule has 0 spiro atoms. The Morgan fingerprint density at radius 3 is 2.52 bits per heavy atom. The van der Waals surface area contributed by atoms with Gasteiger partial charge in [-0.25, -0.2) is 4.39 Å². The highest BCUT2D eigenvalue weighted by Crippen LogP contribution is 2.28. The van der Waals surface area contributed by atoms with Gasteiger partial charge in [0.1, 0.15) is 11.7 Å². The number of hydrogen-bond donors (Lipinski definition) is 2. The number of amides is 1. The molecule has 3 N–H and O–H groups in total. The van der Waals surface area contributed by atoms with Crippen molar-refractivity contribution in [3.8, 4) is 11.1 Å². The first-order valence-electron chi connectivity index (χ1n) is 9.71. The van der Waals surface area contributed by atoms with Crippen LogP contribution in [-0.2, 0) is 0 Å². The lowest BCUT2D eigenvalue weighted by atomic mass is 9.96. The second-order valence-electron chi connectivity index (χ2n) is 7.33. The molecule has 1 amide bonds. The van der Waals surface area contributed by atoms with E-state index >= 15 is 0 Å². The van der Waals surface area contributed by atoms with Crippen LogP contribution in [0.3, 0.4) is 0 Å². The lowest BCUT2D eigenvalue weighted by Crippen LogP contribution is -2.40. The summed E-state index contributed by atoms with van der Waals surface area (Å²) in [5, 5.41) is 9.69. The molecule has 2 aliphatic heterocycles. The Morgan fingerprint density at radius 2 is 1.83 bits per heavy atom. The average Bonchev–Trinajstić information content (AvgIpc) is 2.74. The van der Waals surface area contributed by atoms with Gasteiger partial charge in [-0.1, -0.05) is 24.3 Å². The molecule has 2 heterocycles. The fourth-order valence-electron chi connectivity index (χ4n) is 3.70. The minimum atomic E-state index is -0.403. The summed E-state index contributed by atoms with van der Waals surface area (Å²) in [6.07, 6.45) is 0.803. The normalized spacial score (nSPS) is 17.7. The highest BCUT2D eigenvalue weighted by atomic mass is 19.1. The number of nitrogens with zero attached hydrogens (tertiary/aromatic N) is 3. The largest absolute Gasteiger partial charge is 0.393 e. The number of aliphatic hydroxyl groups excluding tert-OH is 1. The van der Waals surface area contributed by atoms with Crippen molar-refractivity contribution in [2.24, 2.45) is 15.7 Å². The molecular formula is C22H23FN4O2. The zero-order valence-electron chi connectivity index (χ0n) is 16.0. The summed E-state index contributed by atoms with van der Waals surface area (Å²) in [5.74, 6) is -0.0535. The third-order valence-electron chi connectivity index (χ3n) is 5.36. The summed E-state index contributed by atoms with van der Waals surface area (Å²) in [5.41, 5.74) is 8.44. The van der Waals surface area contributed by atoms with E-state index in [4.69, 9.17) is 5.73 Å². The molecule has 150 valence electrons. The van der Waals surface area contributed by atoms with E-state index in [9.17, 15) is 14.3 Å². The molecule has 7 heteroatoms. The van der Waals surface area contributed by atoms with E-state index in [1.165, 1.54) is 6.07 Å². The Kier molecular flexibility index (Phi) is 5.40. The number of rotatable bonds is 3. The molecule has 2 aliphatic rings. The number of aliphatic hydroxyl groups is 1. The van der Waals surface area contributed by atoms with E-state index in [1.54, 1.807) is 29.2 Å². The van der Waals surface area contributed by atoms with Crippen molar-refractivity contribution in [3.63, 3.8) is 0 Å². The third-order valence-corrected chi connectivity index (χ3v) is 5.36. The number of hydrogen-bond acceptors (Lipinski definition) is 5. The molecule has 1 saturated heterocycles. The SMILES string of the molecule is NC1=NCC(c2ccc(-c3ccccc3C(=O)N3CCC(O)CC3)cc2F)=NC1. The van der Waals surface area contributed by atoms with Crippen molar-refractivity contribution in [1.82, 2.24) is 4.90 Å². The van der Waals surface area contributed by atoms with E-state index < -0.39 is 5.82 Å². The Labute approximate surface area is 168 Å². The van der Waals surface area contributed by atoms with Crippen LogP contribution in [0.15, 0.2) is 52.4 Å². The maximum atomic E-state index is 14.9. The van der Waals surface area contributed by atoms with Gasteiger partial charge in [-0.15, -0.1) is 0 Å². The molecule has 1 fully saturated rings. The first-order valence-corrected chi connectivity index (χ1v) is 9.71. The van der Waals surface area contributed by atoms with E-state index in [2.05, 4.69) is 9.98 Å². The summed E-state index contributed by atoms with van der Waals surface area (Å²) >= 11 is 0. The number of aliphatic imine (C=N–C) groups is 2. The fraction of sp³-hybridized carbons (Fsp3) is 0.318. The van der Waals surface area contributed by atoms with Crippen LogP contribution in [0.5, 0.6) is 0 Å². The summed E-state index contributed by atoms with van der Waals surface area (Å²) in [6, 6.07) is 12.1. The van der Waals surface area contributed by atoms with E-state index in [0.717, 1.165) is 0 Å². The number of amidine groups is 1. The molecule has 2 aromatic carbocycles. The van der Waals surface area contributed by atoms with Crippen molar-refractivity contribution < 1.29 is 14.3 Å². The maximum Gasteiger partial charge on any atom is 0.254 e. The Bertz CT molecular complexity index is 994. The standard InChI is InChI=1S/C22H23FN4O2/c23-19-11-14(5-6-18(19)20-12-26-21(24)13-25-20)16-3-1-2-4-17(16)22(29)27-9-7-15(28)8-10-27/h1-6,11,15,28H,7-10,12-13H2,(H2,24,26). The van der Waals surface area contributed by atoms with Gasteiger partial charge in [0, 0.05) is 24.2 Å². The smallest absolute Gasteiger partial charge is 0.254 e. The molecule has 0 atom stereocenters. The van der Waals surface area contributed by atoms with Crippen LogP contribution < -0.4 is 5.73 Å². The molecule has 0 saturated carbocycles.